The van der Waals surface area contributed by atoms with Crippen LogP contribution < -0.4 is 5.73 Å². The fourth-order valence-corrected chi connectivity index (χ4v) is 9.09. The van der Waals surface area contributed by atoms with E-state index >= 15 is 0 Å². The van der Waals surface area contributed by atoms with Gasteiger partial charge in [-0.3, -0.25) is 4.79 Å². The summed E-state index contributed by atoms with van der Waals surface area (Å²) in [6.07, 6.45) is 13.7. The number of amides is 1. The molecule has 4 aliphatic carbocycles. The lowest BCUT2D eigenvalue weighted by atomic mass is 9.47. The van der Waals surface area contributed by atoms with Crippen LogP contribution in [-0.2, 0) is 4.79 Å². The number of hydrogen-bond acceptors (Lipinski definition) is 3. The molecule has 36 heavy (non-hydrogen) atoms. The van der Waals surface area contributed by atoms with Gasteiger partial charge >= 0.3 is 0 Å². The molecule has 1 amide bonds. The van der Waals surface area contributed by atoms with Crippen molar-refractivity contribution in [3.8, 4) is 0 Å². The van der Waals surface area contributed by atoms with Gasteiger partial charge in [0, 0.05) is 5.92 Å². The average molecular weight is 503 g/mol. The van der Waals surface area contributed by atoms with Crippen LogP contribution in [0, 0.1) is 52.3 Å². The number of carbonyl (C=O) groups is 1. The van der Waals surface area contributed by atoms with Gasteiger partial charge in [0.25, 0.3) is 0 Å². The number of fused-ring (bicyclic) bond motifs is 5. The number of nitrogens with zero attached hydrogens (tertiary/aromatic N) is 1. The van der Waals surface area contributed by atoms with Crippen molar-refractivity contribution < 1.29 is 9.90 Å². The van der Waals surface area contributed by atoms with E-state index in [0.29, 0.717) is 29.6 Å². The van der Waals surface area contributed by atoms with Crippen molar-refractivity contribution >= 4 is 5.91 Å². The second kappa shape index (κ2) is 11.9. The molecular formula is C32H58N2O2. The maximum atomic E-state index is 12.7. The Morgan fingerprint density at radius 3 is 2.39 bits per heavy atom. The molecule has 0 aromatic rings. The molecule has 0 bridgehead atoms. The summed E-state index contributed by atoms with van der Waals surface area (Å²) in [6.45, 7) is 15.3. The minimum atomic E-state index is -0.147. The summed E-state index contributed by atoms with van der Waals surface area (Å²) in [5.74, 6) is 3.76. The summed E-state index contributed by atoms with van der Waals surface area (Å²) in [5.41, 5.74) is 8.08. The highest BCUT2D eigenvalue weighted by atomic mass is 16.3. The van der Waals surface area contributed by atoms with Crippen LogP contribution in [0.25, 0.3) is 0 Å². The summed E-state index contributed by atoms with van der Waals surface area (Å²) in [7, 11) is 4.11. The minimum absolute atomic E-state index is 0.0491. The molecule has 3 fully saturated rings. The first-order valence-electron chi connectivity index (χ1n) is 15.2. The van der Waals surface area contributed by atoms with Crippen molar-refractivity contribution in [3.05, 3.63) is 11.6 Å². The number of hydrogen-bond donors (Lipinski definition) is 2. The molecule has 9 atom stereocenters. The fourth-order valence-electron chi connectivity index (χ4n) is 9.09. The monoisotopic (exact) mass is 502 g/mol. The number of rotatable bonds is 7. The lowest BCUT2D eigenvalue weighted by Crippen LogP contribution is -2.51. The largest absolute Gasteiger partial charge is 0.393 e. The van der Waals surface area contributed by atoms with Crippen LogP contribution in [0.2, 0.25) is 0 Å². The number of nitrogens with two attached hydrogens (primary N) is 1. The maximum Gasteiger partial charge on any atom is 0.220 e. The fraction of sp³-hybridized carbons (Fsp3) is 0.906. The van der Waals surface area contributed by atoms with Gasteiger partial charge < -0.3 is 15.7 Å². The first kappa shape index (κ1) is 29.7. The van der Waals surface area contributed by atoms with Crippen molar-refractivity contribution in [3.63, 3.8) is 0 Å². The Bertz CT molecular complexity index is 776. The van der Waals surface area contributed by atoms with Gasteiger partial charge in [0.1, 0.15) is 0 Å². The third kappa shape index (κ3) is 5.90. The van der Waals surface area contributed by atoms with Gasteiger partial charge in [-0.1, -0.05) is 72.5 Å². The van der Waals surface area contributed by atoms with Crippen molar-refractivity contribution in [1.82, 2.24) is 4.90 Å². The molecule has 208 valence electrons. The summed E-state index contributed by atoms with van der Waals surface area (Å²) < 4.78 is 0. The van der Waals surface area contributed by atoms with Gasteiger partial charge in [-0.2, -0.15) is 0 Å². The first-order valence-corrected chi connectivity index (χ1v) is 15.2. The van der Waals surface area contributed by atoms with E-state index in [-0.39, 0.29) is 28.8 Å². The molecule has 0 aromatic heterocycles. The Hall–Kier alpha value is -0.870. The number of aliphatic hydroxyl groups excluding tert-OH is 1. The zero-order valence-electron chi connectivity index (χ0n) is 24.9. The van der Waals surface area contributed by atoms with Crippen LogP contribution in [0.15, 0.2) is 11.6 Å². The average Bonchev–Trinajstić information content (AvgIpc) is 3.13. The third-order valence-corrected chi connectivity index (χ3v) is 11.3. The zero-order valence-corrected chi connectivity index (χ0v) is 24.9. The van der Waals surface area contributed by atoms with Crippen molar-refractivity contribution in [2.24, 2.45) is 58.0 Å². The van der Waals surface area contributed by atoms with Crippen molar-refractivity contribution in [1.29, 1.82) is 0 Å². The Balaban J connectivity index is 0.000000658. The quantitative estimate of drug-likeness (QED) is 0.382. The highest BCUT2D eigenvalue weighted by Crippen LogP contribution is 2.68. The highest BCUT2D eigenvalue weighted by molar-refractivity contribution is 5.77. The number of primary amides is 1. The predicted octanol–water partition coefficient (Wildman–Crippen LogP) is 6.67. The van der Waals surface area contributed by atoms with Crippen LogP contribution in [0.3, 0.4) is 0 Å². The molecule has 3 saturated carbocycles. The number of allylic oxidation sites excluding steroid dienone is 1. The van der Waals surface area contributed by atoms with E-state index in [1.54, 1.807) is 0 Å². The minimum Gasteiger partial charge on any atom is -0.393 e. The lowest BCUT2D eigenvalue weighted by molar-refractivity contribution is -0.124. The Kier molecular flexibility index (Phi) is 9.80. The summed E-state index contributed by atoms with van der Waals surface area (Å²) in [5, 5.41) is 10.3. The van der Waals surface area contributed by atoms with Crippen LogP contribution in [0.4, 0.5) is 0 Å². The molecule has 0 aliphatic heterocycles. The molecule has 4 aliphatic rings. The summed E-state index contributed by atoms with van der Waals surface area (Å²) in [6, 6.07) is 0. The molecule has 1 unspecified atom stereocenters. The molecule has 0 radical (unpaired) electrons. The van der Waals surface area contributed by atoms with E-state index in [0.717, 1.165) is 44.6 Å². The second-order valence-electron chi connectivity index (χ2n) is 14.2. The predicted molar refractivity (Wildman–Crippen MR) is 151 cm³/mol. The number of aliphatic hydroxyl groups is 1. The molecule has 0 saturated heterocycles. The van der Waals surface area contributed by atoms with E-state index in [1.807, 2.05) is 0 Å². The SMILES string of the molecule is CC(C)CCC[C@@H](C)[C@H]1C(C(N)=O)C[C@H]2[C@@H]3CC=C4C[C@@H](O)CC[C@]4(C)[C@H]3CC[C@]12C.CCN(C)C. The summed E-state index contributed by atoms with van der Waals surface area (Å²) in [4.78, 5) is 14.8. The molecule has 3 N–H and O–H groups in total. The van der Waals surface area contributed by atoms with E-state index in [9.17, 15) is 9.90 Å². The van der Waals surface area contributed by atoms with Crippen LogP contribution in [0.5, 0.6) is 0 Å². The van der Waals surface area contributed by atoms with Gasteiger partial charge in [0.2, 0.25) is 5.91 Å². The van der Waals surface area contributed by atoms with Crippen LogP contribution in [0.1, 0.15) is 106 Å². The lowest BCUT2D eigenvalue weighted by Gasteiger charge is -2.58. The van der Waals surface area contributed by atoms with Gasteiger partial charge in [0.15, 0.2) is 0 Å². The Morgan fingerprint density at radius 2 is 1.81 bits per heavy atom. The second-order valence-corrected chi connectivity index (χ2v) is 14.2. The Labute approximate surface area is 222 Å². The van der Waals surface area contributed by atoms with Crippen LogP contribution in [-0.4, -0.2) is 42.7 Å². The number of carbonyl (C=O) groups excluding carboxylic acids is 1. The topological polar surface area (TPSA) is 66.6 Å². The van der Waals surface area contributed by atoms with Crippen LogP contribution >= 0.6 is 0 Å². The van der Waals surface area contributed by atoms with E-state index in [1.165, 1.54) is 37.7 Å². The van der Waals surface area contributed by atoms with Gasteiger partial charge in [-0.05, 0) is 112 Å². The zero-order chi connectivity index (χ0) is 26.8. The van der Waals surface area contributed by atoms with Crippen molar-refractivity contribution in [2.75, 3.05) is 20.6 Å². The smallest absolute Gasteiger partial charge is 0.220 e. The molecule has 0 spiro atoms. The highest BCUT2D eigenvalue weighted by Gasteiger charge is 2.62. The molecular weight excluding hydrogens is 444 g/mol. The van der Waals surface area contributed by atoms with E-state index in [4.69, 9.17) is 5.73 Å². The maximum absolute atomic E-state index is 12.7. The third-order valence-electron chi connectivity index (χ3n) is 11.3. The van der Waals surface area contributed by atoms with Gasteiger partial charge in [-0.15, -0.1) is 0 Å². The standard InChI is InChI=1S/C28H47NO2.C4H11N/c1-17(2)7-6-8-18(3)25-22(26(29)31)16-24-21-10-9-19-15-20(30)11-13-27(19,4)23(21)12-14-28(24,25)5;1-4-5(2)3/h9,17-18,20-25,30H,6-8,10-16H2,1-5H3,(H2,29,31);4H2,1-3H3/t18-,20+,21-,22?,23+,24+,25+,27+,28+;/m1./s1. The normalized spacial score (nSPS) is 40.5. The van der Waals surface area contributed by atoms with Gasteiger partial charge in [0.05, 0.1) is 6.10 Å². The Morgan fingerprint density at radius 1 is 1.14 bits per heavy atom. The molecule has 0 heterocycles. The summed E-state index contributed by atoms with van der Waals surface area (Å²) >= 11 is 0. The molecule has 4 heteroatoms. The van der Waals surface area contributed by atoms with Crippen molar-refractivity contribution in [2.45, 2.75) is 112 Å². The van der Waals surface area contributed by atoms with E-state index in [2.05, 4.69) is 66.6 Å². The van der Waals surface area contributed by atoms with E-state index < -0.39 is 0 Å². The molecule has 4 nitrogen and oxygen atoms in total. The molecule has 0 aromatic carbocycles. The molecule has 4 rings (SSSR count). The van der Waals surface area contributed by atoms with Gasteiger partial charge in [-0.25, -0.2) is 0 Å². The first-order chi connectivity index (χ1) is 16.8.